The number of carbonyl (C=O) groups excluding carboxylic acids is 1. The number of hydrogen-bond acceptors (Lipinski definition) is 6. The zero-order valence-electron chi connectivity index (χ0n) is 18.5. The first-order valence-corrected chi connectivity index (χ1v) is 11.1. The third-order valence-corrected chi connectivity index (χ3v) is 6.22. The average molecular weight is 412 g/mol. The normalized spacial score (nSPS) is 21.1. The maximum atomic E-state index is 12.5. The van der Waals surface area contributed by atoms with Crippen molar-refractivity contribution < 1.29 is 4.79 Å². The van der Waals surface area contributed by atoms with Gasteiger partial charge in [0.15, 0.2) is 0 Å². The van der Waals surface area contributed by atoms with Gasteiger partial charge in [-0.05, 0) is 64.4 Å². The molecular weight excluding hydrogens is 378 g/mol. The van der Waals surface area contributed by atoms with E-state index in [4.69, 9.17) is 9.97 Å². The molecule has 1 saturated carbocycles. The average Bonchev–Trinajstić information content (AvgIpc) is 3.07. The molecule has 0 bridgehead atoms. The molecule has 8 heteroatoms. The van der Waals surface area contributed by atoms with Crippen LogP contribution in [0.3, 0.4) is 0 Å². The lowest BCUT2D eigenvalue weighted by Crippen LogP contribution is -2.41. The highest BCUT2D eigenvalue weighted by atomic mass is 16.2. The fourth-order valence-electron chi connectivity index (χ4n) is 4.66. The van der Waals surface area contributed by atoms with E-state index in [1.807, 2.05) is 20.0 Å². The number of fused-ring (bicyclic) bond motifs is 1. The molecule has 1 fully saturated rings. The van der Waals surface area contributed by atoms with Crippen LogP contribution in [0.1, 0.15) is 66.0 Å². The monoisotopic (exact) mass is 411 g/mol. The number of rotatable bonds is 5. The highest BCUT2D eigenvalue weighted by Crippen LogP contribution is 2.29. The molecule has 2 heterocycles. The summed E-state index contributed by atoms with van der Waals surface area (Å²) in [7, 11) is 5.92. The van der Waals surface area contributed by atoms with Gasteiger partial charge in [-0.1, -0.05) is 0 Å². The van der Waals surface area contributed by atoms with Crippen molar-refractivity contribution in [2.75, 3.05) is 24.3 Å². The van der Waals surface area contributed by atoms with E-state index < -0.39 is 0 Å². The van der Waals surface area contributed by atoms with Gasteiger partial charge < -0.3 is 15.5 Å². The lowest BCUT2D eigenvalue weighted by molar-refractivity contribution is 0.0917. The molecule has 0 radical (unpaired) electrons. The van der Waals surface area contributed by atoms with E-state index in [-0.39, 0.29) is 11.9 Å². The Morgan fingerprint density at radius 3 is 2.47 bits per heavy atom. The number of anilines is 2. The van der Waals surface area contributed by atoms with E-state index in [9.17, 15) is 4.79 Å². The second-order valence-electron chi connectivity index (χ2n) is 8.86. The summed E-state index contributed by atoms with van der Waals surface area (Å²) >= 11 is 0. The first-order chi connectivity index (χ1) is 14.4. The third kappa shape index (κ3) is 4.42. The molecule has 0 aliphatic heterocycles. The number of aryl methyl sites for hydroxylation is 3. The summed E-state index contributed by atoms with van der Waals surface area (Å²) < 4.78 is 1.65. The molecule has 2 aromatic heterocycles. The standard InChI is InChI=1S/C22H33N7O/c1-14-13-19(29(4)27-14)21(30)23-15-9-11-16(12-10-15)24-22-25-18-8-6-5-7-17(18)20(26-22)28(2)3/h13,15-16H,5-12H2,1-4H3,(H,23,30)(H,24,25,26). The highest BCUT2D eigenvalue weighted by molar-refractivity contribution is 5.92. The smallest absolute Gasteiger partial charge is 0.269 e. The maximum Gasteiger partial charge on any atom is 0.269 e. The van der Waals surface area contributed by atoms with Crippen LogP contribution in [0.4, 0.5) is 11.8 Å². The third-order valence-electron chi connectivity index (χ3n) is 6.22. The van der Waals surface area contributed by atoms with E-state index in [2.05, 4.69) is 34.7 Å². The van der Waals surface area contributed by atoms with Gasteiger partial charge in [0.1, 0.15) is 11.5 Å². The van der Waals surface area contributed by atoms with Crippen molar-refractivity contribution in [3.63, 3.8) is 0 Å². The number of hydrogen-bond donors (Lipinski definition) is 2. The molecule has 162 valence electrons. The molecule has 2 N–H and O–H groups in total. The summed E-state index contributed by atoms with van der Waals surface area (Å²) in [6.45, 7) is 1.90. The molecule has 30 heavy (non-hydrogen) atoms. The number of aromatic nitrogens is 4. The minimum absolute atomic E-state index is 0.0387. The second kappa shape index (κ2) is 8.62. The van der Waals surface area contributed by atoms with Crippen molar-refractivity contribution >= 4 is 17.7 Å². The van der Waals surface area contributed by atoms with Crippen molar-refractivity contribution in [2.24, 2.45) is 7.05 Å². The van der Waals surface area contributed by atoms with Crippen LogP contribution in [-0.4, -0.2) is 51.8 Å². The van der Waals surface area contributed by atoms with Crippen LogP contribution in [0.5, 0.6) is 0 Å². The van der Waals surface area contributed by atoms with E-state index >= 15 is 0 Å². The zero-order valence-corrected chi connectivity index (χ0v) is 18.5. The van der Waals surface area contributed by atoms with Gasteiger partial charge in [0.05, 0.1) is 11.4 Å². The molecule has 8 nitrogen and oxygen atoms in total. The van der Waals surface area contributed by atoms with Gasteiger partial charge in [0, 0.05) is 38.8 Å². The van der Waals surface area contributed by atoms with Crippen LogP contribution >= 0.6 is 0 Å². The molecule has 2 aromatic rings. The molecule has 0 spiro atoms. The van der Waals surface area contributed by atoms with Gasteiger partial charge in [-0.25, -0.2) is 4.98 Å². The van der Waals surface area contributed by atoms with Gasteiger partial charge in [0.25, 0.3) is 5.91 Å². The summed E-state index contributed by atoms with van der Waals surface area (Å²) in [5, 5.41) is 11.0. The van der Waals surface area contributed by atoms with Crippen molar-refractivity contribution in [1.29, 1.82) is 0 Å². The van der Waals surface area contributed by atoms with Gasteiger partial charge in [0.2, 0.25) is 5.95 Å². The van der Waals surface area contributed by atoms with Crippen molar-refractivity contribution in [3.05, 3.63) is 28.7 Å². The minimum Gasteiger partial charge on any atom is -0.362 e. The molecule has 1 amide bonds. The Morgan fingerprint density at radius 2 is 1.80 bits per heavy atom. The van der Waals surface area contributed by atoms with Crippen LogP contribution < -0.4 is 15.5 Å². The Kier molecular flexibility index (Phi) is 5.92. The van der Waals surface area contributed by atoms with Crippen molar-refractivity contribution in [1.82, 2.24) is 25.1 Å². The quantitative estimate of drug-likeness (QED) is 0.786. The van der Waals surface area contributed by atoms with Crippen molar-refractivity contribution in [3.8, 4) is 0 Å². The summed E-state index contributed by atoms with van der Waals surface area (Å²) in [5.41, 5.74) is 3.99. The summed E-state index contributed by atoms with van der Waals surface area (Å²) in [4.78, 5) is 24.3. The Labute approximate surface area is 178 Å². The molecule has 4 rings (SSSR count). The fraction of sp³-hybridized carbons (Fsp3) is 0.636. The van der Waals surface area contributed by atoms with E-state index in [1.54, 1.807) is 4.68 Å². The van der Waals surface area contributed by atoms with E-state index in [1.165, 1.54) is 24.1 Å². The van der Waals surface area contributed by atoms with Crippen LogP contribution in [0.25, 0.3) is 0 Å². The minimum atomic E-state index is -0.0387. The number of carbonyl (C=O) groups is 1. The predicted octanol–water partition coefficient (Wildman–Crippen LogP) is 2.62. The molecule has 2 aliphatic carbocycles. The first-order valence-electron chi connectivity index (χ1n) is 11.1. The number of amides is 1. The molecular formula is C22H33N7O. The molecule has 2 aliphatic rings. The van der Waals surface area contributed by atoms with Gasteiger partial charge in [-0.15, -0.1) is 0 Å². The molecule has 0 atom stereocenters. The first kappa shape index (κ1) is 20.6. The zero-order chi connectivity index (χ0) is 21.3. The van der Waals surface area contributed by atoms with Crippen LogP contribution in [0, 0.1) is 6.92 Å². The Hall–Kier alpha value is -2.64. The van der Waals surface area contributed by atoms with Crippen LogP contribution in [0.15, 0.2) is 6.07 Å². The predicted molar refractivity (Wildman–Crippen MR) is 118 cm³/mol. The lowest BCUT2D eigenvalue weighted by Gasteiger charge is -2.30. The largest absolute Gasteiger partial charge is 0.362 e. The van der Waals surface area contributed by atoms with Gasteiger partial charge in [-0.2, -0.15) is 10.1 Å². The topological polar surface area (TPSA) is 88.0 Å². The Bertz CT molecular complexity index is 912. The lowest BCUT2D eigenvalue weighted by atomic mass is 9.91. The Morgan fingerprint density at radius 1 is 1.10 bits per heavy atom. The number of nitrogens with one attached hydrogen (secondary N) is 2. The highest BCUT2D eigenvalue weighted by Gasteiger charge is 2.25. The van der Waals surface area contributed by atoms with Crippen LogP contribution in [0.2, 0.25) is 0 Å². The second-order valence-corrected chi connectivity index (χ2v) is 8.86. The van der Waals surface area contributed by atoms with Crippen LogP contribution in [-0.2, 0) is 19.9 Å². The van der Waals surface area contributed by atoms with E-state index in [0.717, 1.165) is 56.0 Å². The molecule has 0 unspecified atom stereocenters. The van der Waals surface area contributed by atoms with E-state index in [0.29, 0.717) is 11.7 Å². The van der Waals surface area contributed by atoms with Gasteiger partial charge >= 0.3 is 0 Å². The summed E-state index contributed by atoms with van der Waals surface area (Å²) in [6, 6.07) is 2.37. The SMILES string of the molecule is Cc1cc(C(=O)NC2CCC(Nc3nc4c(c(N(C)C)n3)CCCC4)CC2)n(C)n1. The molecule has 0 aromatic carbocycles. The summed E-state index contributed by atoms with van der Waals surface area (Å²) in [5.74, 6) is 1.76. The molecule has 0 saturated heterocycles. The van der Waals surface area contributed by atoms with Gasteiger partial charge in [-0.3, -0.25) is 9.48 Å². The maximum absolute atomic E-state index is 12.5. The van der Waals surface area contributed by atoms with Crippen molar-refractivity contribution in [2.45, 2.75) is 70.4 Å². The summed E-state index contributed by atoms with van der Waals surface area (Å²) in [6.07, 6.45) is 8.43. The number of nitrogens with zero attached hydrogens (tertiary/aromatic N) is 5. The fourth-order valence-corrected chi connectivity index (χ4v) is 4.66. The Balaban J connectivity index is 1.35.